The van der Waals surface area contributed by atoms with E-state index in [4.69, 9.17) is 9.47 Å². The third kappa shape index (κ3) is 3.05. The molecule has 2 aliphatic heterocycles. The van der Waals surface area contributed by atoms with E-state index in [1.807, 2.05) is 32.0 Å². The van der Waals surface area contributed by atoms with Crippen molar-refractivity contribution in [3.05, 3.63) is 23.8 Å². The number of ether oxygens (including phenoxy) is 2. The number of nitrogens with zero attached hydrogens (tertiary/aromatic N) is 2. The molecule has 0 radical (unpaired) electrons. The van der Waals surface area contributed by atoms with Crippen molar-refractivity contribution in [2.75, 3.05) is 26.8 Å². The van der Waals surface area contributed by atoms with Gasteiger partial charge in [0.25, 0.3) is 10.2 Å². The number of benzene rings is 1. The van der Waals surface area contributed by atoms with Crippen molar-refractivity contribution in [3.63, 3.8) is 0 Å². The summed E-state index contributed by atoms with van der Waals surface area (Å²) < 4.78 is 39.9. The van der Waals surface area contributed by atoms with E-state index in [2.05, 4.69) is 0 Å². The summed E-state index contributed by atoms with van der Waals surface area (Å²) in [6.45, 7) is 5.40. The van der Waals surface area contributed by atoms with Gasteiger partial charge < -0.3 is 9.47 Å². The van der Waals surface area contributed by atoms with Crippen LogP contribution in [0, 0.1) is 0 Å². The molecule has 1 aromatic carbocycles. The Bertz CT molecular complexity index is 675. The van der Waals surface area contributed by atoms with Gasteiger partial charge in [0.1, 0.15) is 13.2 Å². The molecule has 3 rings (SSSR count). The summed E-state index contributed by atoms with van der Waals surface area (Å²) in [5.41, 5.74) is 0.965. The molecule has 0 aliphatic carbocycles. The van der Waals surface area contributed by atoms with Crippen LogP contribution in [0.1, 0.15) is 38.3 Å². The Morgan fingerprint density at radius 2 is 1.91 bits per heavy atom. The van der Waals surface area contributed by atoms with Crippen LogP contribution in [-0.2, 0) is 10.2 Å². The molecule has 1 saturated heterocycles. The summed E-state index contributed by atoms with van der Waals surface area (Å²) in [7, 11) is -1.82. The van der Waals surface area contributed by atoms with Crippen LogP contribution in [0.4, 0.5) is 0 Å². The monoisotopic (exact) mass is 340 g/mol. The van der Waals surface area contributed by atoms with Crippen LogP contribution in [0.3, 0.4) is 0 Å². The Morgan fingerprint density at radius 1 is 1.22 bits per heavy atom. The van der Waals surface area contributed by atoms with Crippen LogP contribution in [0.5, 0.6) is 11.5 Å². The van der Waals surface area contributed by atoms with E-state index >= 15 is 0 Å². The van der Waals surface area contributed by atoms with Crippen molar-refractivity contribution < 1.29 is 17.9 Å². The van der Waals surface area contributed by atoms with Crippen molar-refractivity contribution >= 4 is 10.2 Å². The fourth-order valence-corrected chi connectivity index (χ4v) is 4.82. The van der Waals surface area contributed by atoms with Gasteiger partial charge in [-0.15, -0.1) is 0 Å². The molecule has 1 atom stereocenters. The molecule has 2 aliphatic rings. The van der Waals surface area contributed by atoms with Gasteiger partial charge in [0.2, 0.25) is 0 Å². The lowest BCUT2D eigenvalue weighted by Crippen LogP contribution is -2.44. The van der Waals surface area contributed by atoms with E-state index in [0.717, 1.165) is 24.2 Å². The Balaban J connectivity index is 1.90. The minimum absolute atomic E-state index is 0.0680. The second-order valence-corrected chi connectivity index (χ2v) is 8.23. The molecule has 23 heavy (non-hydrogen) atoms. The van der Waals surface area contributed by atoms with Crippen molar-refractivity contribution in [1.29, 1.82) is 0 Å². The summed E-state index contributed by atoms with van der Waals surface area (Å²) in [6.07, 6.45) is 1.69. The molecule has 0 aromatic heterocycles. The molecule has 2 heterocycles. The summed E-state index contributed by atoms with van der Waals surface area (Å²) in [4.78, 5) is 0. The summed E-state index contributed by atoms with van der Waals surface area (Å²) in [5, 5.41) is 0. The molecular weight excluding hydrogens is 316 g/mol. The second kappa shape index (κ2) is 6.30. The zero-order valence-corrected chi connectivity index (χ0v) is 14.7. The molecule has 0 unspecified atom stereocenters. The molecule has 1 fully saturated rings. The van der Waals surface area contributed by atoms with Crippen molar-refractivity contribution in [1.82, 2.24) is 8.61 Å². The smallest absolute Gasteiger partial charge is 0.282 e. The Labute approximate surface area is 138 Å². The third-order valence-electron chi connectivity index (χ3n) is 4.54. The Morgan fingerprint density at radius 3 is 2.61 bits per heavy atom. The van der Waals surface area contributed by atoms with Gasteiger partial charge in [-0.3, -0.25) is 0 Å². The van der Waals surface area contributed by atoms with E-state index < -0.39 is 10.2 Å². The van der Waals surface area contributed by atoms with Gasteiger partial charge in [-0.25, -0.2) is 0 Å². The lowest BCUT2D eigenvalue weighted by Gasteiger charge is -2.31. The number of rotatable bonds is 4. The van der Waals surface area contributed by atoms with Crippen LogP contribution in [0.2, 0.25) is 0 Å². The van der Waals surface area contributed by atoms with E-state index in [1.165, 1.54) is 4.31 Å². The van der Waals surface area contributed by atoms with Crippen LogP contribution in [0.25, 0.3) is 0 Å². The lowest BCUT2D eigenvalue weighted by atomic mass is 10.0. The molecule has 0 spiro atoms. The number of fused-ring (bicyclic) bond motifs is 1. The first kappa shape index (κ1) is 16.5. The molecule has 0 saturated carbocycles. The molecule has 0 amide bonds. The SMILES string of the molecule is CC(C)N(C)S(=O)(=O)N1CCC[C@H]1c1ccc2c(c1)OCCO2. The summed E-state index contributed by atoms with van der Waals surface area (Å²) in [5.74, 6) is 1.43. The molecule has 6 nitrogen and oxygen atoms in total. The predicted octanol–water partition coefficient (Wildman–Crippen LogP) is 2.18. The average Bonchev–Trinajstić information content (AvgIpc) is 3.04. The van der Waals surface area contributed by atoms with Gasteiger partial charge in [-0.05, 0) is 44.4 Å². The normalized spacial score (nSPS) is 22.0. The van der Waals surface area contributed by atoms with Gasteiger partial charge in [0.15, 0.2) is 11.5 Å². The predicted molar refractivity (Wildman–Crippen MR) is 87.9 cm³/mol. The van der Waals surface area contributed by atoms with Crippen molar-refractivity contribution in [2.45, 2.75) is 38.8 Å². The van der Waals surface area contributed by atoms with Gasteiger partial charge in [0.05, 0.1) is 6.04 Å². The third-order valence-corrected chi connectivity index (χ3v) is 6.72. The zero-order valence-electron chi connectivity index (χ0n) is 13.9. The Kier molecular flexibility index (Phi) is 4.53. The van der Waals surface area contributed by atoms with Crippen LogP contribution < -0.4 is 9.47 Å². The molecule has 128 valence electrons. The van der Waals surface area contributed by atoms with E-state index in [1.54, 1.807) is 11.4 Å². The minimum Gasteiger partial charge on any atom is -0.486 e. The highest BCUT2D eigenvalue weighted by molar-refractivity contribution is 7.86. The van der Waals surface area contributed by atoms with E-state index in [0.29, 0.717) is 25.5 Å². The quantitative estimate of drug-likeness (QED) is 0.843. The van der Waals surface area contributed by atoms with E-state index in [-0.39, 0.29) is 12.1 Å². The lowest BCUT2D eigenvalue weighted by molar-refractivity contribution is 0.171. The molecule has 7 heteroatoms. The molecular formula is C16H24N2O4S. The van der Waals surface area contributed by atoms with Gasteiger partial charge in [0, 0.05) is 19.6 Å². The highest BCUT2D eigenvalue weighted by atomic mass is 32.2. The minimum atomic E-state index is -3.46. The van der Waals surface area contributed by atoms with Crippen molar-refractivity contribution in [2.24, 2.45) is 0 Å². The largest absolute Gasteiger partial charge is 0.486 e. The number of hydrogen-bond acceptors (Lipinski definition) is 4. The maximum atomic E-state index is 12.8. The van der Waals surface area contributed by atoms with Crippen LogP contribution >= 0.6 is 0 Å². The summed E-state index contributed by atoms with van der Waals surface area (Å²) >= 11 is 0. The maximum absolute atomic E-state index is 12.8. The highest BCUT2D eigenvalue weighted by Crippen LogP contribution is 2.39. The fraction of sp³-hybridized carbons (Fsp3) is 0.625. The highest BCUT2D eigenvalue weighted by Gasteiger charge is 2.38. The molecule has 0 N–H and O–H groups in total. The van der Waals surface area contributed by atoms with Gasteiger partial charge in [-0.1, -0.05) is 6.07 Å². The van der Waals surface area contributed by atoms with Gasteiger partial charge >= 0.3 is 0 Å². The Hall–Kier alpha value is -1.31. The van der Waals surface area contributed by atoms with Crippen molar-refractivity contribution in [3.8, 4) is 11.5 Å². The first-order valence-electron chi connectivity index (χ1n) is 8.05. The second-order valence-electron chi connectivity index (χ2n) is 6.29. The first-order chi connectivity index (χ1) is 10.9. The topological polar surface area (TPSA) is 59.1 Å². The van der Waals surface area contributed by atoms with E-state index in [9.17, 15) is 8.42 Å². The van der Waals surface area contributed by atoms with Gasteiger partial charge in [-0.2, -0.15) is 17.0 Å². The summed E-state index contributed by atoms with van der Waals surface area (Å²) in [6, 6.07) is 5.53. The first-order valence-corrected chi connectivity index (χ1v) is 9.45. The number of hydrogen-bond donors (Lipinski definition) is 0. The standard InChI is InChI=1S/C16H24N2O4S/c1-12(2)17(3)23(19,20)18-8-4-5-14(18)13-6-7-15-16(11-13)22-10-9-21-15/h6-7,11-12,14H,4-5,8-10H2,1-3H3/t14-/m0/s1. The zero-order chi connectivity index (χ0) is 16.6. The fourth-order valence-electron chi connectivity index (χ4n) is 3.05. The molecule has 1 aromatic rings. The van der Waals surface area contributed by atoms with Crippen LogP contribution in [-0.4, -0.2) is 49.9 Å². The average molecular weight is 340 g/mol. The maximum Gasteiger partial charge on any atom is 0.282 e. The van der Waals surface area contributed by atoms with Crippen LogP contribution in [0.15, 0.2) is 18.2 Å². The molecule has 0 bridgehead atoms.